The molecule has 10 heteroatoms. The van der Waals surface area contributed by atoms with Gasteiger partial charge in [0.15, 0.2) is 0 Å². The Morgan fingerprint density at radius 2 is 2.00 bits per heavy atom. The number of halogens is 1. The molecule has 4 aromatic rings. The van der Waals surface area contributed by atoms with Crippen molar-refractivity contribution in [3.63, 3.8) is 0 Å². The third-order valence-corrected chi connectivity index (χ3v) is 7.63. The average Bonchev–Trinajstić information content (AvgIpc) is 3.28. The van der Waals surface area contributed by atoms with Crippen molar-refractivity contribution in [1.82, 2.24) is 19.5 Å². The van der Waals surface area contributed by atoms with Gasteiger partial charge in [-0.15, -0.1) is 0 Å². The Morgan fingerprint density at radius 1 is 1.16 bits per heavy atom. The van der Waals surface area contributed by atoms with Crippen molar-refractivity contribution >= 4 is 49.5 Å². The second kappa shape index (κ2) is 6.77. The first kappa shape index (κ1) is 19.7. The molecule has 2 aliphatic rings. The van der Waals surface area contributed by atoms with Gasteiger partial charge in [0.05, 0.1) is 33.6 Å². The molecule has 1 unspecified atom stereocenters. The van der Waals surface area contributed by atoms with Gasteiger partial charge in [-0.25, -0.2) is 15.0 Å². The highest BCUT2D eigenvalue weighted by Crippen LogP contribution is 2.64. The lowest BCUT2D eigenvalue weighted by Gasteiger charge is -2.25. The molecular weight excluding hydrogens is 476 g/mol. The van der Waals surface area contributed by atoms with Gasteiger partial charge in [-0.05, 0) is 52.5 Å². The topological polar surface area (TPSA) is 145 Å². The number of benzene rings is 1. The Balaban J connectivity index is 1.26. The van der Waals surface area contributed by atoms with Crippen molar-refractivity contribution in [3.8, 4) is 5.75 Å². The number of rotatable bonds is 4. The highest BCUT2D eigenvalue weighted by Gasteiger charge is 2.72. The fourth-order valence-electron chi connectivity index (χ4n) is 5.28. The first-order chi connectivity index (χ1) is 15.4. The third-order valence-electron chi connectivity index (χ3n) is 6.99. The number of fused-ring (bicyclic) bond motifs is 3. The number of nitrogen functional groups attached to an aromatic ring is 2. The van der Waals surface area contributed by atoms with Crippen LogP contribution in [0.25, 0.3) is 21.9 Å². The van der Waals surface area contributed by atoms with Gasteiger partial charge in [0.1, 0.15) is 35.5 Å². The molecule has 0 aliphatic heterocycles. The fraction of sp³-hybridized carbons (Fsp3) is 0.318. The van der Waals surface area contributed by atoms with E-state index in [1.807, 2.05) is 41.1 Å². The summed E-state index contributed by atoms with van der Waals surface area (Å²) in [6.07, 6.45) is 2.18. The van der Waals surface area contributed by atoms with Crippen molar-refractivity contribution in [3.05, 3.63) is 47.3 Å². The van der Waals surface area contributed by atoms with E-state index in [0.717, 1.165) is 27.2 Å². The second-order valence-corrected chi connectivity index (χ2v) is 9.46. The number of pyridine rings is 1. The van der Waals surface area contributed by atoms with Gasteiger partial charge in [-0.1, -0.05) is 0 Å². The normalized spacial score (nSPS) is 28.8. The first-order valence-corrected chi connectivity index (χ1v) is 11.1. The van der Waals surface area contributed by atoms with E-state index in [1.54, 1.807) is 0 Å². The number of ether oxygens (including phenoxy) is 1. The quantitative estimate of drug-likeness (QED) is 0.335. The minimum Gasteiger partial charge on any atom is -0.493 e. The van der Waals surface area contributed by atoms with Crippen molar-refractivity contribution in [2.45, 2.75) is 24.2 Å². The molecule has 9 nitrogen and oxygen atoms in total. The predicted molar refractivity (Wildman–Crippen MR) is 123 cm³/mol. The number of aromatic nitrogens is 4. The maximum Gasteiger partial charge on any atom is 0.146 e. The molecule has 2 fully saturated rings. The van der Waals surface area contributed by atoms with E-state index >= 15 is 0 Å². The number of nitrogens with two attached hydrogens (primary N) is 2. The molecule has 1 aromatic carbocycles. The summed E-state index contributed by atoms with van der Waals surface area (Å²) < 4.78 is 8.72. The van der Waals surface area contributed by atoms with E-state index in [9.17, 15) is 10.2 Å². The van der Waals surface area contributed by atoms with E-state index in [2.05, 4.69) is 30.9 Å². The summed E-state index contributed by atoms with van der Waals surface area (Å²) in [5.41, 5.74) is 12.7. The van der Waals surface area contributed by atoms with Crippen LogP contribution in [0.15, 0.2) is 47.3 Å². The van der Waals surface area contributed by atoms with Crippen LogP contribution in [0, 0.1) is 11.8 Å². The highest BCUT2D eigenvalue weighted by atomic mass is 79.9. The summed E-state index contributed by atoms with van der Waals surface area (Å²) in [7, 11) is 0. The minimum atomic E-state index is -0.927. The molecule has 0 amide bonds. The van der Waals surface area contributed by atoms with Crippen LogP contribution in [0.4, 0.5) is 11.6 Å². The maximum atomic E-state index is 11.0. The monoisotopic (exact) mass is 496 g/mol. The van der Waals surface area contributed by atoms with Gasteiger partial charge in [-0.2, -0.15) is 0 Å². The molecule has 6 rings (SSSR count). The van der Waals surface area contributed by atoms with E-state index in [-0.39, 0.29) is 18.4 Å². The Labute approximate surface area is 191 Å². The van der Waals surface area contributed by atoms with Crippen LogP contribution in [-0.2, 0) is 5.54 Å². The van der Waals surface area contributed by atoms with Crippen LogP contribution < -0.4 is 16.2 Å². The molecule has 32 heavy (non-hydrogen) atoms. The third kappa shape index (κ3) is 2.66. The smallest absolute Gasteiger partial charge is 0.146 e. The number of hydrogen-bond donors (Lipinski definition) is 4. The van der Waals surface area contributed by atoms with Gasteiger partial charge < -0.3 is 31.0 Å². The number of aliphatic hydroxyl groups is 2. The van der Waals surface area contributed by atoms with E-state index in [0.29, 0.717) is 23.0 Å². The Bertz CT molecular complexity index is 1380. The van der Waals surface area contributed by atoms with Crippen LogP contribution in [0.5, 0.6) is 5.75 Å². The number of hydrogen-bond acceptors (Lipinski definition) is 8. The Morgan fingerprint density at radius 3 is 2.84 bits per heavy atom. The van der Waals surface area contributed by atoms with Crippen LogP contribution in [0.3, 0.4) is 0 Å². The van der Waals surface area contributed by atoms with Crippen LogP contribution in [0.2, 0.25) is 0 Å². The fourth-order valence-corrected chi connectivity index (χ4v) is 5.62. The lowest BCUT2D eigenvalue weighted by molar-refractivity contribution is -0.0250. The Kier molecular flexibility index (Phi) is 4.17. The lowest BCUT2D eigenvalue weighted by atomic mass is 10.0. The molecule has 0 saturated heterocycles. The number of aliphatic hydroxyl groups excluding tert-OH is 2. The molecule has 0 spiro atoms. The van der Waals surface area contributed by atoms with E-state index in [4.69, 9.17) is 16.2 Å². The second-order valence-electron chi connectivity index (χ2n) is 8.60. The van der Waals surface area contributed by atoms with Crippen molar-refractivity contribution < 1.29 is 14.9 Å². The van der Waals surface area contributed by atoms with E-state index < -0.39 is 17.7 Å². The average molecular weight is 497 g/mol. The number of anilines is 2. The van der Waals surface area contributed by atoms with Gasteiger partial charge in [-0.3, -0.25) is 0 Å². The lowest BCUT2D eigenvalue weighted by Crippen LogP contribution is -2.39. The summed E-state index contributed by atoms with van der Waals surface area (Å²) in [6.45, 7) is 0.276. The zero-order valence-electron chi connectivity index (χ0n) is 16.9. The number of nitrogens with zero attached hydrogens (tertiary/aromatic N) is 4. The van der Waals surface area contributed by atoms with Gasteiger partial charge in [0.2, 0.25) is 0 Å². The molecule has 6 N–H and O–H groups in total. The van der Waals surface area contributed by atoms with Crippen molar-refractivity contribution in [2.24, 2.45) is 11.8 Å². The molecule has 2 aliphatic carbocycles. The minimum absolute atomic E-state index is 0.0597. The Hall–Kier alpha value is -2.95. The molecule has 3 heterocycles. The molecule has 164 valence electrons. The zero-order valence-corrected chi connectivity index (χ0v) is 18.5. The molecular formula is C22H21BrN6O3. The van der Waals surface area contributed by atoms with Crippen LogP contribution in [-0.4, -0.2) is 48.5 Å². The van der Waals surface area contributed by atoms with E-state index in [1.165, 1.54) is 6.33 Å². The van der Waals surface area contributed by atoms with Crippen molar-refractivity contribution in [1.29, 1.82) is 0 Å². The zero-order chi connectivity index (χ0) is 22.2. The largest absolute Gasteiger partial charge is 0.493 e. The highest BCUT2D eigenvalue weighted by molar-refractivity contribution is 9.10. The molecule has 5 atom stereocenters. The van der Waals surface area contributed by atoms with Crippen LogP contribution >= 0.6 is 15.9 Å². The molecule has 0 bridgehead atoms. The first-order valence-electron chi connectivity index (χ1n) is 10.3. The molecule has 2 saturated carbocycles. The summed E-state index contributed by atoms with van der Waals surface area (Å²) >= 11 is 3.39. The summed E-state index contributed by atoms with van der Waals surface area (Å²) in [5, 5.41) is 23.5. The summed E-state index contributed by atoms with van der Waals surface area (Å²) in [4.78, 5) is 12.8. The van der Waals surface area contributed by atoms with Gasteiger partial charge >= 0.3 is 0 Å². The maximum absolute atomic E-state index is 11.0. The van der Waals surface area contributed by atoms with Crippen molar-refractivity contribution in [2.75, 3.05) is 18.1 Å². The SMILES string of the molecule is Nc1nc2cc(OC[C@@H]3[C@@H](O)[C@@H](O)C4(n5ccc6c(N)ncnc65)C[C@@H]34)ccc2cc1Br. The summed E-state index contributed by atoms with van der Waals surface area (Å²) in [5.74, 6) is 1.28. The van der Waals surface area contributed by atoms with Gasteiger partial charge in [0, 0.05) is 23.6 Å². The molecule has 0 radical (unpaired) electrons. The summed E-state index contributed by atoms with van der Waals surface area (Å²) in [6, 6.07) is 9.37. The molecule has 3 aromatic heterocycles. The van der Waals surface area contributed by atoms with Crippen LogP contribution in [0.1, 0.15) is 6.42 Å². The predicted octanol–water partition coefficient (Wildman–Crippen LogP) is 2.05. The standard InChI is InChI=1S/C22H21BrN6O3/c23-15-5-10-1-2-11(6-16(10)28-20(15)25)32-8-13-14-7-22(14,18(31)17(13)30)29-4-3-12-19(24)26-9-27-21(12)29/h1-6,9,13-14,17-18,30-31H,7-8H2,(H2,25,28)(H2,24,26,27)/t13-,14-,17+,18+,22?/m0/s1. The van der Waals surface area contributed by atoms with Gasteiger partial charge in [0.25, 0.3) is 0 Å².